The van der Waals surface area contributed by atoms with Crippen LogP contribution in [0.25, 0.3) is 10.8 Å². The number of benzene rings is 3. The molecule has 1 aliphatic heterocycles. The van der Waals surface area contributed by atoms with Crippen molar-refractivity contribution in [3.8, 4) is 0 Å². The van der Waals surface area contributed by atoms with Crippen LogP contribution in [0.3, 0.4) is 0 Å². The Morgan fingerprint density at radius 1 is 0.968 bits per heavy atom. The molecule has 31 heavy (non-hydrogen) atoms. The van der Waals surface area contributed by atoms with Gasteiger partial charge < -0.3 is 9.84 Å². The molecule has 1 N–H and O–H groups in total. The van der Waals surface area contributed by atoms with Gasteiger partial charge in [-0.3, -0.25) is 4.79 Å². The summed E-state index contributed by atoms with van der Waals surface area (Å²) in [6.07, 6.45) is 0.872. The van der Waals surface area contributed by atoms with E-state index in [-0.39, 0.29) is 23.8 Å². The summed E-state index contributed by atoms with van der Waals surface area (Å²) in [5.74, 6) is -1.18. The minimum atomic E-state index is -3.96. The minimum Gasteiger partial charge on any atom is -0.480 e. The number of aliphatic carboxylic acids is 1. The summed E-state index contributed by atoms with van der Waals surface area (Å²) in [6.45, 7) is 0.947. The first kappa shape index (κ1) is 21.5. The second-order valence-electron chi connectivity index (χ2n) is 7.88. The normalized spacial score (nSPS) is 20.0. The summed E-state index contributed by atoms with van der Waals surface area (Å²) >= 11 is 0. The van der Waals surface area contributed by atoms with Crippen LogP contribution in [0.5, 0.6) is 0 Å². The monoisotopic (exact) mass is 439 g/mol. The highest BCUT2D eigenvalue weighted by molar-refractivity contribution is 7.89. The van der Waals surface area contributed by atoms with Crippen molar-refractivity contribution in [3.05, 3.63) is 78.4 Å². The molecule has 2 atom stereocenters. The average molecular weight is 440 g/mol. The number of carbonyl (C=O) groups is 1. The van der Waals surface area contributed by atoms with Crippen molar-refractivity contribution in [1.29, 1.82) is 0 Å². The molecule has 0 bridgehead atoms. The molecule has 2 unspecified atom stereocenters. The van der Waals surface area contributed by atoms with Gasteiger partial charge in [-0.15, -0.1) is 0 Å². The highest BCUT2D eigenvalue weighted by Gasteiger charge is 2.40. The molecular formula is C24H25NO5S. The Bertz CT molecular complexity index is 1160. The van der Waals surface area contributed by atoms with Gasteiger partial charge in [0, 0.05) is 6.54 Å². The Morgan fingerprint density at radius 3 is 2.42 bits per heavy atom. The average Bonchev–Trinajstić information content (AvgIpc) is 2.79. The molecule has 0 saturated carbocycles. The van der Waals surface area contributed by atoms with Gasteiger partial charge in [0.2, 0.25) is 10.0 Å². The number of nitrogens with zero attached hydrogens (tertiary/aromatic N) is 1. The SMILES string of the molecule is O=C(O)C1CCC(COCc2ccccc2)CN1S(=O)(=O)c1ccc2ccccc2c1. The van der Waals surface area contributed by atoms with Crippen molar-refractivity contribution in [2.45, 2.75) is 30.4 Å². The predicted molar refractivity (Wildman–Crippen MR) is 118 cm³/mol. The molecule has 6 nitrogen and oxygen atoms in total. The number of carboxylic acid groups (broad SMARTS) is 1. The third-order valence-corrected chi connectivity index (χ3v) is 7.58. The van der Waals surface area contributed by atoms with Crippen LogP contribution >= 0.6 is 0 Å². The molecule has 0 radical (unpaired) electrons. The van der Waals surface area contributed by atoms with Crippen molar-refractivity contribution in [3.63, 3.8) is 0 Å². The van der Waals surface area contributed by atoms with Crippen LogP contribution in [-0.2, 0) is 26.2 Å². The van der Waals surface area contributed by atoms with E-state index < -0.39 is 22.0 Å². The van der Waals surface area contributed by atoms with Gasteiger partial charge in [0.15, 0.2) is 0 Å². The van der Waals surface area contributed by atoms with Gasteiger partial charge in [-0.1, -0.05) is 60.7 Å². The van der Waals surface area contributed by atoms with E-state index in [0.29, 0.717) is 19.6 Å². The maximum Gasteiger partial charge on any atom is 0.322 e. The molecular weight excluding hydrogens is 414 g/mol. The first-order valence-corrected chi connectivity index (χ1v) is 11.7. The van der Waals surface area contributed by atoms with Gasteiger partial charge in [-0.25, -0.2) is 8.42 Å². The number of rotatable bonds is 7. The van der Waals surface area contributed by atoms with E-state index >= 15 is 0 Å². The van der Waals surface area contributed by atoms with E-state index in [0.717, 1.165) is 20.6 Å². The highest BCUT2D eigenvalue weighted by Crippen LogP contribution is 2.30. The fraction of sp³-hybridized carbons (Fsp3) is 0.292. The lowest BCUT2D eigenvalue weighted by Gasteiger charge is -2.36. The maximum atomic E-state index is 13.4. The van der Waals surface area contributed by atoms with Crippen molar-refractivity contribution in [2.75, 3.05) is 13.2 Å². The second-order valence-corrected chi connectivity index (χ2v) is 9.77. The zero-order chi connectivity index (χ0) is 21.8. The van der Waals surface area contributed by atoms with Crippen LogP contribution in [-0.4, -0.2) is 43.0 Å². The van der Waals surface area contributed by atoms with E-state index in [2.05, 4.69) is 0 Å². The zero-order valence-electron chi connectivity index (χ0n) is 17.1. The Morgan fingerprint density at radius 2 is 1.68 bits per heavy atom. The van der Waals surface area contributed by atoms with E-state index in [9.17, 15) is 18.3 Å². The molecule has 0 aliphatic carbocycles. The summed E-state index contributed by atoms with van der Waals surface area (Å²) in [6, 6.07) is 21.1. The van der Waals surface area contributed by atoms with Gasteiger partial charge >= 0.3 is 5.97 Å². The Labute approximate surface area is 182 Å². The summed E-state index contributed by atoms with van der Waals surface area (Å²) in [5.41, 5.74) is 1.04. The van der Waals surface area contributed by atoms with Gasteiger partial charge in [-0.05, 0) is 47.2 Å². The van der Waals surface area contributed by atoms with Crippen LogP contribution in [0.4, 0.5) is 0 Å². The topological polar surface area (TPSA) is 83.9 Å². The molecule has 3 aromatic carbocycles. The van der Waals surface area contributed by atoms with Gasteiger partial charge in [0.05, 0.1) is 18.1 Å². The van der Waals surface area contributed by atoms with Crippen LogP contribution in [0.2, 0.25) is 0 Å². The standard InChI is InChI=1S/C24H25NO5S/c26-24(27)23-13-10-19(17-30-16-18-6-2-1-3-7-18)15-25(23)31(28,29)22-12-11-20-8-4-5-9-21(20)14-22/h1-9,11-12,14,19,23H,10,13,15-17H2,(H,26,27). The summed E-state index contributed by atoms with van der Waals surface area (Å²) in [7, 11) is -3.96. The Hall–Kier alpha value is -2.74. The van der Waals surface area contributed by atoms with Crippen LogP contribution in [0, 0.1) is 5.92 Å². The predicted octanol–water partition coefficient (Wildman–Crippen LogP) is 3.91. The number of hydrogen-bond donors (Lipinski definition) is 1. The molecule has 0 amide bonds. The van der Waals surface area contributed by atoms with Gasteiger partial charge in [0.1, 0.15) is 6.04 Å². The molecule has 3 aromatic rings. The molecule has 1 saturated heterocycles. The number of piperidine rings is 1. The lowest BCUT2D eigenvalue weighted by molar-refractivity contribution is -0.143. The summed E-state index contributed by atoms with van der Waals surface area (Å²) in [5, 5.41) is 11.4. The number of hydrogen-bond acceptors (Lipinski definition) is 4. The largest absolute Gasteiger partial charge is 0.480 e. The molecule has 4 rings (SSSR count). The van der Waals surface area contributed by atoms with E-state index in [1.165, 1.54) is 0 Å². The van der Waals surface area contributed by atoms with Gasteiger partial charge in [0.25, 0.3) is 0 Å². The third-order valence-electron chi connectivity index (χ3n) is 5.71. The molecule has 0 spiro atoms. The van der Waals surface area contributed by atoms with Crippen molar-refractivity contribution in [1.82, 2.24) is 4.31 Å². The lowest BCUT2D eigenvalue weighted by atomic mass is 9.95. The van der Waals surface area contributed by atoms with Crippen molar-refractivity contribution < 1.29 is 23.1 Å². The highest BCUT2D eigenvalue weighted by atomic mass is 32.2. The number of carboxylic acids is 1. The molecule has 1 aliphatic rings. The second kappa shape index (κ2) is 9.18. The molecule has 1 fully saturated rings. The Kier molecular flexibility index (Phi) is 6.36. The third kappa shape index (κ3) is 4.79. The Balaban J connectivity index is 1.52. The molecule has 7 heteroatoms. The van der Waals surface area contributed by atoms with Gasteiger partial charge in [-0.2, -0.15) is 4.31 Å². The van der Waals surface area contributed by atoms with E-state index in [4.69, 9.17) is 4.74 Å². The molecule has 0 aromatic heterocycles. The smallest absolute Gasteiger partial charge is 0.322 e. The minimum absolute atomic E-state index is 0.0606. The summed E-state index contributed by atoms with van der Waals surface area (Å²) < 4.78 is 33.8. The first-order valence-electron chi connectivity index (χ1n) is 10.3. The van der Waals surface area contributed by atoms with E-state index in [1.807, 2.05) is 54.6 Å². The van der Waals surface area contributed by atoms with E-state index in [1.54, 1.807) is 18.2 Å². The molecule has 1 heterocycles. The number of ether oxygens (including phenoxy) is 1. The fourth-order valence-corrected chi connectivity index (χ4v) is 5.76. The number of fused-ring (bicyclic) bond motifs is 1. The fourth-order valence-electron chi connectivity index (χ4n) is 4.04. The molecule has 162 valence electrons. The summed E-state index contributed by atoms with van der Waals surface area (Å²) in [4.78, 5) is 11.9. The maximum absolute atomic E-state index is 13.4. The van der Waals surface area contributed by atoms with Crippen molar-refractivity contribution in [2.24, 2.45) is 5.92 Å². The van der Waals surface area contributed by atoms with Crippen molar-refractivity contribution >= 4 is 26.8 Å². The quantitative estimate of drug-likeness (QED) is 0.603. The van der Waals surface area contributed by atoms with Crippen LogP contribution in [0.15, 0.2) is 77.7 Å². The zero-order valence-corrected chi connectivity index (χ0v) is 17.9. The lowest BCUT2D eigenvalue weighted by Crippen LogP contribution is -2.51. The first-order chi connectivity index (χ1) is 14.9. The number of sulfonamides is 1. The van der Waals surface area contributed by atoms with Crippen LogP contribution in [0.1, 0.15) is 18.4 Å². The van der Waals surface area contributed by atoms with Crippen LogP contribution < -0.4 is 0 Å².